The minimum atomic E-state index is -0.616. The average molecular weight is 318 g/mol. The van der Waals surface area contributed by atoms with Crippen molar-refractivity contribution in [3.05, 3.63) is 22.8 Å². The second kappa shape index (κ2) is 6.71. The first-order valence-electron chi connectivity index (χ1n) is 7.88. The highest BCUT2D eigenvalue weighted by molar-refractivity contribution is 7.13. The van der Waals surface area contributed by atoms with Crippen molar-refractivity contribution in [3.8, 4) is 10.8 Å². The Hall–Kier alpha value is -1.53. The van der Waals surface area contributed by atoms with Gasteiger partial charge in [0.2, 0.25) is 0 Å². The number of hydrogen-bond acceptors (Lipinski definition) is 6. The predicted octanol–water partition coefficient (Wildman–Crippen LogP) is 3.71. The Kier molecular flexibility index (Phi) is 4.69. The van der Waals surface area contributed by atoms with Crippen molar-refractivity contribution in [2.75, 3.05) is 5.32 Å². The number of hydrogen-bond donors (Lipinski definition) is 2. The molecule has 0 spiro atoms. The highest BCUT2D eigenvalue weighted by Crippen LogP contribution is 2.26. The third-order valence-electron chi connectivity index (χ3n) is 3.94. The van der Waals surface area contributed by atoms with Gasteiger partial charge in [-0.25, -0.2) is 15.0 Å². The van der Waals surface area contributed by atoms with Crippen LogP contribution in [-0.2, 0) is 0 Å². The van der Waals surface area contributed by atoms with Crippen LogP contribution >= 0.6 is 11.3 Å². The molecule has 2 aromatic rings. The van der Waals surface area contributed by atoms with E-state index in [4.69, 9.17) is 0 Å². The molecule has 2 heterocycles. The smallest absolute Gasteiger partial charge is 0.191 e. The molecule has 0 amide bonds. The fraction of sp³-hybridized carbons (Fsp3) is 0.562. The minimum Gasteiger partial charge on any atom is -0.387 e. The SMILES string of the molecule is Cc1csc(-c2nc(NC3CCCCC3)cc(C(C)O)n2)n1. The van der Waals surface area contributed by atoms with Crippen LogP contribution in [-0.4, -0.2) is 26.1 Å². The number of aliphatic hydroxyl groups excluding tert-OH is 1. The lowest BCUT2D eigenvalue weighted by atomic mass is 9.95. The molecule has 2 N–H and O–H groups in total. The molecule has 1 aliphatic rings. The number of rotatable bonds is 4. The van der Waals surface area contributed by atoms with E-state index in [0.717, 1.165) is 16.5 Å². The highest BCUT2D eigenvalue weighted by atomic mass is 32.1. The lowest BCUT2D eigenvalue weighted by Gasteiger charge is -2.23. The lowest BCUT2D eigenvalue weighted by molar-refractivity contribution is 0.194. The van der Waals surface area contributed by atoms with Crippen molar-refractivity contribution in [1.29, 1.82) is 0 Å². The Morgan fingerprint density at radius 1 is 1.23 bits per heavy atom. The van der Waals surface area contributed by atoms with Crippen LogP contribution in [0.5, 0.6) is 0 Å². The fourth-order valence-corrected chi connectivity index (χ4v) is 3.49. The Morgan fingerprint density at radius 3 is 2.64 bits per heavy atom. The maximum Gasteiger partial charge on any atom is 0.191 e. The van der Waals surface area contributed by atoms with Gasteiger partial charge in [-0.1, -0.05) is 19.3 Å². The van der Waals surface area contributed by atoms with Crippen molar-refractivity contribution in [1.82, 2.24) is 15.0 Å². The Morgan fingerprint density at radius 2 is 2.00 bits per heavy atom. The maximum atomic E-state index is 9.90. The number of anilines is 1. The van der Waals surface area contributed by atoms with E-state index in [2.05, 4.69) is 20.3 Å². The number of thiazole rings is 1. The lowest BCUT2D eigenvalue weighted by Crippen LogP contribution is -2.23. The minimum absolute atomic E-state index is 0.469. The average Bonchev–Trinajstić information content (AvgIpc) is 2.94. The molecule has 118 valence electrons. The largest absolute Gasteiger partial charge is 0.387 e. The fourth-order valence-electron chi connectivity index (χ4n) is 2.76. The van der Waals surface area contributed by atoms with Gasteiger partial charge in [0, 0.05) is 23.2 Å². The van der Waals surface area contributed by atoms with Gasteiger partial charge in [0.15, 0.2) is 10.8 Å². The monoisotopic (exact) mass is 318 g/mol. The van der Waals surface area contributed by atoms with E-state index >= 15 is 0 Å². The molecule has 6 heteroatoms. The number of nitrogens with zero attached hydrogens (tertiary/aromatic N) is 3. The van der Waals surface area contributed by atoms with Crippen molar-refractivity contribution >= 4 is 17.2 Å². The summed E-state index contributed by atoms with van der Waals surface area (Å²) in [7, 11) is 0. The van der Waals surface area contributed by atoms with Crippen molar-refractivity contribution in [3.63, 3.8) is 0 Å². The van der Waals surface area contributed by atoms with E-state index in [1.165, 1.54) is 43.4 Å². The summed E-state index contributed by atoms with van der Waals surface area (Å²) in [5.41, 5.74) is 1.60. The zero-order valence-electron chi connectivity index (χ0n) is 13.0. The summed E-state index contributed by atoms with van der Waals surface area (Å²) in [4.78, 5) is 13.5. The molecule has 0 aromatic carbocycles. The van der Waals surface area contributed by atoms with Crippen molar-refractivity contribution < 1.29 is 5.11 Å². The van der Waals surface area contributed by atoms with Gasteiger partial charge in [-0.3, -0.25) is 0 Å². The second-order valence-electron chi connectivity index (χ2n) is 5.95. The predicted molar refractivity (Wildman–Crippen MR) is 89.0 cm³/mol. The number of nitrogens with one attached hydrogen (secondary N) is 1. The van der Waals surface area contributed by atoms with Crippen LogP contribution in [0.4, 0.5) is 5.82 Å². The quantitative estimate of drug-likeness (QED) is 0.899. The summed E-state index contributed by atoms with van der Waals surface area (Å²) in [5, 5.41) is 16.2. The second-order valence-corrected chi connectivity index (χ2v) is 6.81. The Labute approximate surface area is 134 Å². The van der Waals surface area contributed by atoms with E-state index in [1.807, 2.05) is 18.4 Å². The van der Waals surface area contributed by atoms with E-state index in [-0.39, 0.29) is 0 Å². The van der Waals surface area contributed by atoms with Gasteiger partial charge in [-0.05, 0) is 26.7 Å². The molecule has 1 aliphatic carbocycles. The molecule has 0 radical (unpaired) electrons. The summed E-state index contributed by atoms with van der Waals surface area (Å²) in [6.45, 7) is 3.68. The number of aromatic nitrogens is 3. The van der Waals surface area contributed by atoms with Gasteiger partial charge in [-0.2, -0.15) is 0 Å². The van der Waals surface area contributed by atoms with E-state index < -0.39 is 6.10 Å². The van der Waals surface area contributed by atoms with E-state index in [1.54, 1.807) is 6.92 Å². The molecular formula is C16H22N4OS. The van der Waals surface area contributed by atoms with Gasteiger partial charge in [0.1, 0.15) is 5.82 Å². The first kappa shape index (κ1) is 15.4. The van der Waals surface area contributed by atoms with Crippen molar-refractivity contribution in [2.24, 2.45) is 0 Å². The van der Waals surface area contributed by atoms with Gasteiger partial charge in [-0.15, -0.1) is 11.3 Å². The summed E-state index contributed by atoms with van der Waals surface area (Å²) in [6.07, 6.45) is 5.61. The van der Waals surface area contributed by atoms with Crippen molar-refractivity contribution in [2.45, 2.75) is 58.1 Å². The third kappa shape index (κ3) is 3.62. The third-order valence-corrected chi connectivity index (χ3v) is 4.90. The molecule has 1 saturated carbocycles. The van der Waals surface area contributed by atoms with Crippen LogP contribution in [0, 0.1) is 6.92 Å². The summed E-state index contributed by atoms with van der Waals surface area (Å²) in [5.74, 6) is 1.38. The number of aryl methyl sites for hydroxylation is 1. The number of aliphatic hydroxyl groups is 1. The molecule has 1 fully saturated rings. The van der Waals surface area contributed by atoms with Crippen LogP contribution in [0.3, 0.4) is 0 Å². The van der Waals surface area contributed by atoms with Gasteiger partial charge in [0.05, 0.1) is 11.8 Å². The van der Waals surface area contributed by atoms with Crippen LogP contribution in [0.15, 0.2) is 11.4 Å². The summed E-state index contributed by atoms with van der Waals surface area (Å²) < 4.78 is 0. The van der Waals surface area contributed by atoms with Crippen LogP contribution in [0.2, 0.25) is 0 Å². The Balaban J connectivity index is 1.89. The van der Waals surface area contributed by atoms with Gasteiger partial charge >= 0.3 is 0 Å². The highest BCUT2D eigenvalue weighted by Gasteiger charge is 2.17. The van der Waals surface area contributed by atoms with E-state index in [9.17, 15) is 5.11 Å². The molecule has 0 aliphatic heterocycles. The molecule has 1 unspecified atom stereocenters. The maximum absolute atomic E-state index is 9.90. The zero-order valence-corrected chi connectivity index (χ0v) is 13.9. The molecular weight excluding hydrogens is 296 g/mol. The first-order chi connectivity index (χ1) is 10.6. The molecule has 5 nitrogen and oxygen atoms in total. The molecule has 1 atom stereocenters. The first-order valence-corrected chi connectivity index (χ1v) is 8.76. The van der Waals surface area contributed by atoms with Gasteiger partial charge < -0.3 is 10.4 Å². The normalized spacial score (nSPS) is 17.4. The van der Waals surface area contributed by atoms with Crippen LogP contribution < -0.4 is 5.32 Å². The Bertz CT molecular complexity index is 635. The molecule has 3 rings (SSSR count). The summed E-state index contributed by atoms with van der Waals surface area (Å²) in [6, 6.07) is 2.32. The zero-order chi connectivity index (χ0) is 15.5. The topological polar surface area (TPSA) is 70.9 Å². The van der Waals surface area contributed by atoms with Gasteiger partial charge in [0.25, 0.3) is 0 Å². The van der Waals surface area contributed by atoms with Crippen LogP contribution in [0.25, 0.3) is 10.8 Å². The molecule has 22 heavy (non-hydrogen) atoms. The standard InChI is InChI=1S/C16H22N4OS/c1-10-9-22-16(17-10)15-19-13(11(2)21)8-14(20-15)18-12-6-4-3-5-7-12/h8-9,11-12,21H,3-7H2,1-2H3,(H,18,19,20). The molecule has 0 bridgehead atoms. The summed E-state index contributed by atoms with van der Waals surface area (Å²) >= 11 is 1.53. The molecule has 0 saturated heterocycles. The molecule has 2 aromatic heterocycles. The van der Waals surface area contributed by atoms with E-state index in [0.29, 0.717) is 17.6 Å². The van der Waals surface area contributed by atoms with Crippen LogP contribution in [0.1, 0.15) is 56.5 Å².